The number of hydrogen-bond donors (Lipinski definition) is 2. The average molecular weight is 701 g/mol. The molecule has 0 atom stereocenters. The van der Waals surface area contributed by atoms with Crippen molar-refractivity contribution in [1.82, 2.24) is 9.55 Å². The third-order valence-electron chi connectivity index (χ3n) is 7.70. The maximum Gasteiger partial charge on any atom is 1.00 e. The molecule has 5 aromatic carbocycles. The van der Waals surface area contributed by atoms with E-state index in [2.05, 4.69) is 4.99 Å². The quantitative estimate of drug-likeness (QED) is 0.107. The summed E-state index contributed by atoms with van der Waals surface area (Å²) in [6.45, 7) is 0. The Labute approximate surface area is 303 Å². The average Bonchev–Trinajstić information content (AvgIpc) is 3.07. The van der Waals surface area contributed by atoms with Crippen LogP contribution in [-0.4, -0.2) is 42.6 Å². The van der Waals surface area contributed by atoms with Gasteiger partial charge in [-0.25, -0.2) is 9.98 Å². The second kappa shape index (κ2) is 13.4. The molecular formula is C35H25N4NaO7S2. The normalized spacial score (nSPS) is 12.3. The van der Waals surface area contributed by atoms with Crippen molar-refractivity contribution in [2.24, 2.45) is 4.99 Å². The summed E-state index contributed by atoms with van der Waals surface area (Å²) in [7, 11) is -8.02. The second-order valence-electron chi connectivity index (χ2n) is 10.7. The molecule has 0 unspecified atom stereocenters. The molecule has 0 radical (unpaired) electrons. The molecule has 7 rings (SSSR count). The van der Waals surface area contributed by atoms with Crippen molar-refractivity contribution in [2.75, 3.05) is 7.11 Å². The Bertz CT molecular complexity index is 2630. The summed E-state index contributed by atoms with van der Waals surface area (Å²) in [5, 5.41) is 5.20. The van der Waals surface area contributed by atoms with Crippen LogP contribution in [-0.2, 0) is 20.2 Å². The van der Waals surface area contributed by atoms with E-state index in [4.69, 9.17) is 15.0 Å². The van der Waals surface area contributed by atoms with Gasteiger partial charge in [0.2, 0.25) is 0 Å². The summed E-state index contributed by atoms with van der Waals surface area (Å²) in [6, 6.07) is 33.7. The molecule has 0 saturated heterocycles. The number of rotatable bonds is 7. The summed E-state index contributed by atoms with van der Waals surface area (Å²) < 4.78 is 78.5. The van der Waals surface area contributed by atoms with E-state index in [0.29, 0.717) is 39.4 Å². The van der Waals surface area contributed by atoms with Gasteiger partial charge in [0.1, 0.15) is 15.5 Å². The minimum Gasteiger partial charge on any atom is -0.657 e. The van der Waals surface area contributed by atoms with Gasteiger partial charge >= 0.3 is 29.6 Å². The van der Waals surface area contributed by atoms with Crippen LogP contribution in [0.3, 0.4) is 0 Å². The Morgan fingerprint density at radius 1 is 0.755 bits per heavy atom. The van der Waals surface area contributed by atoms with Crippen molar-refractivity contribution >= 4 is 59.1 Å². The number of hydrogen-bond acceptors (Lipinski definition) is 7. The van der Waals surface area contributed by atoms with Crippen LogP contribution in [0.1, 0.15) is 0 Å². The molecule has 2 N–H and O–H groups in total. The van der Waals surface area contributed by atoms with Crippen LogP contribution in [0.15, 0.2) is 136 Å². The van der Waals surface area contributed by atoms with Crippen LogP contribution in [0.5, 0.6) is 5.75 Å². The molecule has 0 fully saturated rings. The van der Waals surface area contributed by atoms with Gasteiger partial charge in [-0.3, -0.25) is 9.11 Å². The van der Waals surface area contributed by atoms with E-state index in [1.54, 1.807) is 60.7 Å². The van der Waals surface area contributed by atoms with Crippen LogP contribution < -0.4 is 39.7 Å². The van der Waals surface area contributed by atoms with Gasteiger partial charge in [0, 0.05) is 17.1 Å². The fourth-order valence-corrected chi connectivity index (χ4v) is 7.02. The zero-order valence-corrected chi connectivity index (χ0v) is 29.7. The molecule has 5 aromatic rings. The molecule has 11 nitrogen and oxygen atoms in total. The van der Waals surface area contributed by atoms with Crippen LogP contribution in [0, 0.1) is 0 Å². The number of benzene rings is 6. The number of aromatic nitrogens is 2. The topological polar surface area (TPSA) is 162 Å². The Morgan fingerprint density at radius 3 is 2.10 bits per heavy atom. The molecular weight excluding hydrogens is 676 g/mol. The van der Waals surface area contributed by atoms with Gasteiger partial charge in [0.25, 0.3) is 20.2 Å². The van der Waals surface area contributed by atoms with E-state index in [0.717, 1.165) is 0 Å². The van der Waals surface area contributed by atoms with Crippen LogP contribution in [0.2, 0.25) is 0 Å². The van der Waals surface area contributed by atoms with Crippen LogP contribution in [0.25, 0.3) is 44.2 Å². The van der Waals surface area contributed by atoms with Gasteiger partial charge in [0.05, 0.1) is 40.6 Å². The van der Waals surface area contributed by atoms with Gasteiger partial charge in [-0.15, -0.1) is 11.4 Å². The van der Waals surface area contributed by atoms with Gasteiger partial charge in [0.15, 0.2) is 0 Å². The zero-order valence-electron chi connectivity index (χ0n) is 26.1. The largest absolute Gasteiger partial charge is 1.00 e. The Hall–Kier alpha value is -4.60. The molecule has 14 heteroatoms. The molecule has 0 spiro atoms. The summed E-state index contributed by atoms with van der Waals surface area (Å²) in [5.41, 5.74) is 3.21. The predicted molar refractivity (Wildman–Crippen MR) is 182 cm³/mol. The van der Waals surface area contributed by atoms with Crippen molar-refractivity contribution < 1.29 is 60.2 Å². The van der Waals surface area contributed by atoms with E-state index >= 15 is 0 Å². The number of para-hydroxylation sites is 2. The third kappa shape index (κ3) is 6.70. The first-order valence-electron chi connectivity index (χ1n) is 14.4. The first kappa shape index (κ1) is 34.3. The fourth-order valence-electron chi connectivity index (χ4n) is 5.67. The molecule has 2 aliphatic rings. The summed E-state index contributed by atoms with van der Waals surface area (Å²) in [5.74, 6) is 0.503. The maximum absolute atomic E-state index is 12.7. The van der Waals surface area contributed by atoms with Crippen molar-refractivity contribution in [3.8, 4) is 22.8 Å². The SMILES string of the molecule is COc1cccc(N=c2cc3n(-c4ccccc4)c4cc([N-]c5ccccc5)c5c(S(=O)(=O)O)cccc5c4nc-3cc2S(=O)(=O)O)c1.[Na+]. The smallest absolute Gasteiger partial charge is 0.657 e. The predicted octanol–water partition coefficient (Wildman–Crippen LogP) is 4.36. The van der Waals surface area contributed by atoms with Gasteiger partial charge in [-0.2, -0.15) is 16.8 Å². The van der Waals surface area contributed by atoms with Crippen molar-refractivity contribution in [3.05, 3.63) is 132 Å². The zero-order chi connectivity index (χ0) is 33.6. The first-order valence-corrected chi connectivity index (χ1v) is 17.3. The standard InChI is InChI=1S/C35H25N4O7S2.Na/c1-46-25-15-8-12-23(18-25)37-28-19-30-27(21-33(28)48(43,44)45)38-35-26-16-9-17-32(47(40,41)42)34(26)29(36-22-10-4-2-5-11-22)20-31(35)39(30)24-13-6-3-7-14-24;/h2-21H,1H3,(H,40,41,42)(H,43,44,45);/q-1;+1. The first-order chi connectivity index (χ1) is 23.0. The van der Waals surface area contributed by atoms with E-state index in [9.17, 15) is 25.9 Å². The minimum atomic E-state index is -4.80. The summed E-state index contributed by atoms with van der Waals surface area (Å²) in [6.07, 6.45) is 0. The molecule has 0 bridgehead atoms. The van der Waals surface area contributed by atoms with Gasteiger partial charge in [-0.1, -0.05) is 66.7 Å². The van der Waals surface area contributed by atoms with Gasteiger partial charge in [-0.05, 0) is 53.9 Å². The third-order valence-corrected chi connectivity index (χ3v) is 9.48. The van der Waals surface area contributed by atoms with E-state index in [1.807, 2.05) is 41.0 Å². The Morgan fingerprint density at radius 2 is 1.43 bits per heavy atom. The number of nitrogens with zero attached hydrogens (tertiary/aromatic N) is 4. The Kier molecular flexibility index (Phi) is 9.35. The summed E-state index contributed by atoms with van der Waals surface area (Å²) in [4.78, 5) is 8.56. The Balaban J connectivity index is 0.00000417. The minimum absolute atomic E-state index is 0. The molecule has 240 valence electrons. The number of ether oxygens (including phenoxy) is 1. The molecule has 0 saturated carbocycles. The molecule has 0 aromatic heterocycles. The fraction of sp³-hybridized carbons (Fsp3) is 0.0286. The van der Waals surface area contributed by atoms with Gasteiger partial charge < -0.3 is 14.6 Å². The van der Waals surface area contributed by atoms with Crippen molar-refractivity contribution in [2.45, 2.75) is 9.79 Å². The van der Waals surface area contributed by atoms with Crippen molar-refractivity contribution in [3.63, 3.8) is 0 Å². The maximum atomic E-state index is 12.7. The summed E-state index contributed by atoms with van der Waals surface area (Å²) >= 11 is 0. The van der Waals surface area contributed by atoms with Crippen LogP contribution >= 0.6 is 0 Å². The van der Waals surface area contributed by atoms with Crippen molar-refractivity contribution in [1.29, 1.82) is 0 Å². The molecule has 1 aliphatic carbocycles. The van der Waals surface area contributed by atoms with Crippen LogP contribution in [0.4, 0.5) is 17.1 Å². The number of methoxy groups -OCH3 is 1. The molecule has 49 heavy (non-hydrogen) atoms. The number of fused-ring (bicyclic) bond motifs is 4. The molecule has 1 heterocycles. The van der Waals surface area contributed by atoms with E-state index in [1.165, 1.54) is 31.4 Å². The monoisotopic (exact) mass is 700 g/mol. The molecule has 1 aliphatic heterocycles. The van der Waals surface area contributed by atoms with E-state index in [-0.39, 0.29) is 62.1 Å². The second-order valence-corrected chi connectivity index (χ2v) is 13.5. The molecule has 0 amide bonds. The van der Waals surface area contributed by atoms with E-state index < -0.39 is 25.1 Å².